The first-order valence-electron chi connectivity index (χ1n) is 5.95. The molecule has 104 valence electrons. The van der Waals surface area contributed by atoms with Gasteiger partial charge in [-0.05, 0) is 13.0 Å². The molecule has 0 radical (unpaired) electrons. The van der Waals surface area contributed by atoms with E-state index in [9.17, 15) is 5.11 Å². The average Bonchev–Trinajstić information content (AvgIpc) is 3.06. The zero-order valence-corrected chi connectivity index (χ0v) is 11.3. The first-order valence-corrected chi connectivity index (χ1v) is 5.95. The van der Waals surface area contributed by atoms with Crippen LogP contribution in [-0.2, 0) is 0 Å². The standard InChI is InChI=1S/C14H13NO5/c1-7-6-9(15-20-7)10-11(16)14(18-3)13-8(4-5-19-13)12(10)17-2/h4-6,16H,1-3H3. The van der Waals surface area contributed by atoms with Gasteiger partial charge in [0.1, 0.15) is 17.2 Å². The van der Waals surface area contributed by atoms with Crippen LogP contribution in [0.3, 0.4) is 0 Å². The molecule has 0 aliphatic heterocycles. The highest BCUT2D eigenvalue weighted by atomic mass is 16.5. The number of aryl methyl sites for hydroxylation is 1. The number of aromatic hydroxyl groups is 1. The molecule has 0 amide bonds. The van der Waals surface area contributed by atoms with E-state index in [-0.39, 0.29) is 11.5 Å². The number of benzene rings is 1. The molecule has 3 aromatic rings. The van der Waals surface area contributed by atoms with Crippen molar-refractivity contribution in [1.82, 2.24) is 5.16 Å². The monoisotopic (exact) mass is 275 g/mol. The first-order chi connectivity index (χ1) is 9.67. The summed E-state index contributed by atoms with van der Waals surface area (Å²) in [4.78, 5) is 0. The summed E-state index contributed by atoms with van der Waals surface area (Å²) in [6.45, 7) is 1.77. The highest BCUT2D eigenvalue weighted by molar-refractivity contribution is 5.99. The van der Waals surface area contributed by atoms with E-state index in [1.165, 1.54) is 20.5 Å². The van der Waals surface area contributed by atoms with Crippen molar-refractivity contribution in [3.8, 4) is 28.5 Å². The molecule has 0 unspecified atom stereocenters. The largest absolute Gasteiger partial charge is 0.504 e. The molecule has 2 heterocycles. The van der Waals surface area contributed by atoms with E-state index < -0.39 is 0 Å². The van der Waals surface area contributed by atoms with Gasteiger partial charge < -0.3 is 23.5 Å². The molecule has 0 bridgehead atoms. The van der Waals surface area contributed by atoms with Crippen LogP contribution in [0.2, 0.25) is 0 Å². The summed E-state index contributed by atoms with van der Waals surface area (Å²) in [5, 5.41) is 15.0. The van der Waals surface area contributed by atoms with Crippen molar-refractivity contribution in [2.45, 2.75) is 6.92 Å². The van der Waals surface area contributed by atoms with Gasteiger partial charge in [0.05, 0.1) is 31.4 Å². The second-order valence-corrected chi connectivity index (χ2v) is 4.28. The lowest BCUT2D eigenvalue weighted by molar-refractivity contribution is 0.365. The minimum atomic E-state index is -0.0971. The molecule has 1 N–H and O–H groups in total. The van der Waals surface area contributed by atoms with Gasteiger partial charge >= 0.3 is 0 Å². The predicted octanol–water partition coefficient (Wildman–Crippen LogP) is 3.12. The maximum atomic E-state index is 10.4. The molecular weight excluding hydrogens is 262 g/mol. The molecule has 20 heavy (non-hydrogen) atoms. The van der Waals surface area contributed by atoms with E-state index in [0.29, 0.717) is 33.7 Å². The fourth-order valence-corrected chi connectivity index (χ4v) is 2.25. The van der Waals surface area contributed by atoms with Crippen LogP contribution in [0.4, 0.5) is 0 Å². The Balaban J connectivity index is 2.43. The van der Waals surface area contributed by atoms with Crippen LogP contribution in [0, 0.1) is 6.92 Å². The van der Waals surface area contributed by atoms with Crippen molar-refractivity contribution in [2.75, 3.05) is 14.2 Å². The van der Waals surface area contributed by atoms with E-state index in [0.717, 1.165) is 0 Å². The molecule has 0 saturated heterocycles. The molecule has 0 aliphatic rings. The second-order valence-electron chi connectivity index (χ2n) is 4.28. The minimum absolute atomic E-state index is 0.0971. The lowest BCUT2D eigenvalue weighted by atomic mass is 10.0. The van der Waals surface area contributed by atoms with Gasteiger partial charge in [-0.15, -0.1) is 0 Å². The summed E-state index contributed by atoms with van der Waals surface area (Å²) < 4.78 is 21.0. The van der Waals surface area contributed by atoms with Crippen molar-refractivity contribution in [3.63, 3.8) is 0 Å². The molecule has 0 aliphatic carbocycles. The number of nitrogens with zero attached hydrogens (tertiary/aromatic N) is 1. The summed E-state index contributed by atoms with van der Waals surface area (Å²) in [6.07, 6.45) is 1.51. The van der Waals surface area contributed by atoms with Crippen LogP contribution in [0.1, 0.15) is 5.76 Å². The Morgan fingerprint density at radius 1 is 1.20 bits per heavy atom. The predicted molar refractivity (Wildman–Crippen MR) is 71.2 cm³/mol. The second kappa shape index (κ2) is 4.48. The number of phenolic OH excluding ortho intramolecular Hbond substituents is 1. The fourth-order valence-electron chi connectivity index (χ4n) is 2.25. The average molecular weight is 275 g/mol. The highest BCUT2D eigenvalue weighted by Crippen LogP contribution is 2.50. The summed E-state index contributed by atoms with van der Waals surface area (Å²) in [7, 11) is 2.98. The maximum Gasteiger partial charge on any atom is 0.205 e. The number of hydrogen-bond acceptors (Lipinski definition) is 6. The quantitative estimate of drug-likeness (QED) is 0.791. The molecule has 0 spiro atoms. The summed E-state index contributed by atoms with van der Waals surface area (Å²) in [6, 6.07) is 3.45. The zero-order valence-electron chi connectivity index (χ0n) is 11.3. The Morgan fingerprint density at radius 2 is 1.95 bits per heavy atom. The number of phenols is 1. The first kappa shape index (κ1) is 12.4. The van der Waals surface area contributed by atoms with Gasteiger partial charge in [-0.25, -0.2) is 0 Å². The van der Waals surface area contributed by atoms with Crippen LogP contribution in [0.25, 0.3) is 22.2 Å². The van der Waals surface area contributed by atoms with E-state index in [4.69, 9.17) is 18.4 Å². The van der Waals surface area contributed by atoms with Crippen LogP contribution in [0.15, 0.2) is 27.3 Å². The molecule has 3 rings (SSSR count). The van der Waals surface area contributed by atoms with Gasteiger partial charge in [-0.3, -0.25) is 0 Å². The Bertz CT molecular complexity index is 771. The van der Waals surface area contributed by atoms with Gasteiger partial charge in [0.25, 0.3) is 0 Å². The normalized spacial score (nSPS) is 10.9. The van der Waals surface area contributed by atoms with Gasteiger partial charge in [0.2, 0.25) is 5.75 Å². The summed E-state index contributed by atoms with van der Waals surface area (Å²) in [5.41, 5.74) is 1.30. The molecular formula is C14H13NO5. The van der Waals surface area contributed by atoms with Gasteiger partial charge in [0.15, 0.2) is 11.3 Å². The van der Waals surface area contributed by atoms with E-state index in [2.05, 4.69) is 5.16 Å². The minimum Gasteiger partial charge on any atom is -0.504 e. The molecule has 6 heteroatoms. The topological polar surface area (TPSA) is 77.9 Å². The third-order valence-electron chi connectivity index (χ3n) is 3.09. The zero-order chi connectivity index (χ0) is 14.3. The lowest BCUT2D eigenvalue weighted by Gasteiger charge is -2.12. The number of ether oxygens (including phenoxy) is 2. The fraction of sp³-hybridized carbons (Fsp3) is 0.214. The maximum absolute atomic E-state index is 10.4. The van der Waals surface area contributed by atoms with Crippen molar-refractivity contribution in [3.05, 3.63) is 24.2 Å². The van der Waals surface area contributed by atoms with Crippen molar-refractivity contribution in [2.24, 2.45) is 0 Å². The van der Waals surface area contributed by atoms with E-state index in [1.54, 1.807) is 19.1 Å². The third-order valence-corrected chi connectivity index (χ3v) is 3.09. The molecule has 1 aromatic carbocycles. The Labute approximate surface area is 114 Å². The number of rotatable bonds is 3. The van der Waals surface area contributed by atoms with Gasteiger partial charge in [-0.2, -0.15) is 0 Å². The van der Waals surface area contributed by atoms with Crippen molar-refractivity contribution in [1.29, 1.82) is 0 Å². The Kier molecular flexibility index (Phi) is 2.78. The number of methoxy groups -OCH3 is 2. The SMILES string of the molecule is COc1c(-c2cc(C)on2)c(O)c(OC)c2occc12. The van der Waals surface area contributed by atoms with E-state index in [1.807, 2.05) is 0 Å². The molecule has 0 fully saturated rings. The van der Waals surface area contributed by atoms with E-state index >= 15 is 0 Å². The number of hydrogen-bond donors (Lipinski definition) is 1. The molecule has 0 saturated carbocycles. The molecule has 0 atom stereocenters. The van der Waals surface area contributed by atoms with Crippen molar-refractivity contribution >= 4 is 11.0 Å². The van der Waals surface area contributed by atoms with Gasteiger partial charge in [-0.1, -0.05) is 5.16 Å². The molecule has 6 nitrogen and oxygen atoms in total. The van der Waals surface area contributed by atoms with Gasteiger partial charge in [0, 0.05) is 6.07 Å². The number of furan rings is 1. The number of fused-ring (bicyclic) bond motifs is 1. The smallest absolute Gasteiger partial charge is 0.205 e. The van der Waals surface area contributed by atoms with Crippen LogP contribution in [0.5, 0.6) is 17.2 Å². The lowest BCUT2D eigenvalue weighted by Crippen LogP contribution is -1.93. The highest BCUT2D eigenvalue weighted by Gasteiger charge is 2.25. The van der Waals surface area contributed by atoms with Crippen LogP contribution >= 0.6 is 0 Å². The summed E-state index contributed by atoms with van der Waals surface area (Å²) in [5.74, 6) is 1.23. The van der Waals surface area contributed by atoms with Crippen molar-refractivity contribution < 1.29 is 23.5 Å². The Morgan fingerprint density at radius 3 is 2.55 bits per heavy atom. The molecule has 2 aromatic heterocycles. The van der Waals surface area contributed by atoms with Crippen LogP contribution < -0.4 is 9.47 Å². The number of aromatic nitrogens is 1. The van der Waals surface area contributed by atoms with Crippen LogP contribution in [-0.4, -0.2) is 24.5 Å². The summed E-state index contributed by atoms with van der Waals surface area (Å²) >= 11 is 0. The Hall–Kier alpha value is -2.63. The third kappa shape index (κ3) is 1.61.